The van der Waals surface area contributed by atoms with E-state index in [1.54, 1.807) is 0 Å². The molecule has 0 aliphatic carbocycles. The lowest BCUT2D eigenvalue weighted by Crippen LogP contribution is -2.44. The maximum atomic E-state index is 6.31. The van der Waals surface area contributed by atoms with Crippen LogP contribution < -0.4 is 10.5 Å². The first-order chi connectivity index (χ1) is 15.7. The highest BCUT2D eigenvalue weighted by Gasteiger charge is 2.20. The third kappa shape index (κ3) is 4.30. The summed E-state index contributed by atoms with van der Waals surface area (Å²) in [4.78, 5) is 9.08. The van der Waals surface area contributed by atoms with Gasteiger partial charge >= 0.3 is 0 Å². The third-order valence-corrected chi connectivity index (χ3v) is 6.03. The van der Waals surface area contributed by atoms with E-state index in [-0.39, 0.29) is 0 Å². The minimum absolute atomic E-state index is 0.482. The minimum Gasteiger partial charge on any atom is -0.489 e. The zero-order valence-corrected chi connectivity index (χ0v) is 18.3. The lowest BCUT2D eigenvalue weighted by Gasteiger charge is -2.32. The van der Waals surface area contributed by atoms with Gasteiger partial charge in [-0.2, -0.15) is 5.10 Å². The number of rotatable bonds is 6. The highest BCUT2D eigenvalue weighted by molar-refractivity contribution is 5.88. The molecule has 0 radical (unpaired) electrons. The first-order valence-corrected chi connectivity index (χ1v) is 11.0. The highest BCUT2D eigenvalue weighted by atomic mass is 16.5. The Morgan fingerprint density at radius 1 is 0.969 bits per heavy atom. The van der Waals surface area contributed by atoms with Crippen molar-refractivity contribution in [1.29, 1.82) is 0 Å². The maximum absolute atomic E-state index is 6.31. The Hall–Kier alpha value is -3.42. The van der Waals surface area contributed by atoms with Crippen LogP contribution in [0.15, 0.2) is 67.0 Å². The molecule has 2 aromatic heterocycles. The predicted molar refractivity (Wildman–Crippen MR) is 126 cm³/mol. The molecule has 0 saturated carbocycles. The van der Waals surface area contributed by atoms with Crippen molar-refractivity contribution in [2.45, 2.75) is 13.2 Å². The Bertz CT molecular complexity index is 1200. The number of nitrogen functional groups attached to an aromatic ring is 1. The zero-order valence-electron chi connectivity index (χ0n) is 18.3. The summed E-state index contributed by atoms with van der Waals surface area (Å²) >= 11 is 0. The third-order valence-electron chi connectivity index (χ3n) is 6.03. The molecule has 0 unspecified atom stereocenters. The first-order valence-electron chi connectivity index (χ1n) is 11.0. The second-order valence-corrected chi connectivity index (χ2v) is 8.34. The quantitative estimate of drug-likeness (QED) is 0.508. The van der Waals surface area contributed by atoms with Gasteiger partial charge in [0.15, 0.2) is 5.82 Å². The van der Waals surface area contributed by atoms with Gasteiger partial charge in [-0.15, -0.1) is 0 Å². The molecule has 0 bridgehead atoms. The number of piperazine rings is 1. The topological polar surface area (TPSA) is 71.9 Å². The number of anilines is 1. The summed E-state index contributed by atoms with van der Waals surface area (Å²) in [6.07, 6.45) is 1.53. The summed E-state index contributed by atoms with van der Waals surface area (Å²) in [6.45, 7) is 5.60. The molecule has 2 aromatic carbocycles. The molecule has 1 fully saturated rings. The SMILES string of the molecule is CN1CCN(Cc2cc(-c3cccc(OCc4ccccc4)c3)c3c(N)ncnn23)CC1. The van der Waals surface area contributed by atoms with Gasteiger partial charge in [-0.05, 0) is 36.4 Å². The van der Waals surface area contributed by atoms with Crippen LogP contribution in [-0.2, 0) is 13.2 Å². The Morgan fingerprint density at radius 2 is 1.78 bits per heavy atom. The Kier molecular flexibility index (Phi) is 5.75. The lowest BCUT2D eigenvalue weighted by atomic mass is 10.1. The molecule has 7 nitrogen and oxygen atoms in total. The van der Waals surface area contributed by atoms with Crippen molar-refractivity contribution in [1.82, 2.24) is 24.4 Å². The molecule has 0 spiro atoms. The standard InChI is InChI=1S/C25H28N6O/c1-29-10-12-30(13-11-29)16-21-15-23(24-25(26)27-18-28-31(21)24)20-8-5-9-22(14-20)32-17-19-6-3-2-4-7-19/h2-9,14-15,18H,10-13,16-17H2,1H3,(H2,26,27,28). The number of hydrogen-bond donors (Lipinski definition) is 1. The zero-order chi connectivity index (χ0) is 21.9. The molecule has 1 saturated heterocycles. The molecule has 1 aliphatic heterocycles. The average molecular weight is 429 g/mol. The van der Waals surface area contributed by atoms with E-state index in [4.69, 9.17) is 10.5 Å². The van der Waals surface area contributed by atoms with E-state index in [1.807, 2.05) is 34.8 Å². The molecule has 32 heavy (non-hydrogen) atoms. The van der Waals surface area contributed by atoms with Crippen molar-refractivity contribution in [2.75, 3.05) is 39.0 Å². The predicted octanol–water partition coefficient (Wildman–Crippen LogP) is 3.30. The molecule has 164 valence electrons. The number of nitrogens with two attached hydrogens (primary N) is 1. The van der Waals surface area contributed by atoms with Crippen LogP contribution in [-0.4, -0.2) is 57.6 Å². The number of aromatic nitrogens is 3. The van der Waals surface area contributed by atoms with Crippen molar-refractivity contribution in [3.8, 4) is 16.9 Å². The van der Waals surface area contributed by atoms with E-state index in [9.17, 15) is 0 Å². The fourth-order valence-electron chi connectivity index (χ4n) is 4.20. The number of benzene rings is 2. The fourth-order valence-corrected chi connectivity index (χ4v) is 4.20. The van der Waals surface area contributed by atoms with Crippen LogP contribution in [0, 0.1) is 0 Å². The van der Waals surface area contributed by atoms with Gasteiger partial charge in [-0.1, -0.05) is 42.5 Å². The van der Waals surface area contributed by atoms with Crippen molar-refractivity contribution in [3.05, 3.63) is 78.2 Å². The molecule has 1 aliphatic rings. The molecule has 7 heteroatoms. The molecule has 4 aromatic rings. The number of hydrogen-bond acceptors (Lipinski definition) is 6. The Balaban J connectivity index is 1.45. The minimum atomic E-state index is 0.482. The van der Waals surface area contributed by atoms with E-state index in [1.165, 1.54) is 6.33 Å². The van der Waals surface area contributed by atoms with E-state index in [0.717, 1.165) is 66.4 Å². The smallest absolute Gasteiger partial charge is 0.151 e. The number of fused-ring (bicyclic) bond motifs is 1. The van der Waals surface area contributed by atoms with Crippen molar-refractivity contribution >= 4 is 11.3 Å². The Morgan fingerprint density at radius 3 is 2.59 bits per heavy atom. The van der Waals surface area contributed by atoms with Gasteiger partial charge < -0.3 is 15.4 Å². The van der Waals surface area contributed by atoms with Crippen molar-refractivity contribution in [2.24, 2.45) is 0 Å². The summed E-state index contributed by atoms with van der Waals surface area (Å²) in [7, 11) is 2.17. The van der Waals surface area contributed by atoms with Gasteiger partial charge in [-0.25, -0.2) is 9.50 Å². The summed E-state index contributed by atoms with van der Waals surface area (Å²) in [5, 5.41) is 4.52. The summed E-state index contributed by atoms with van der Waals surface area (Å²) < 4.78 is 7.99. The second kappa shape index (κ2) is 8.98. The summed E-state index contributed by atoms with van der Waals surface area (Å²) in [5.74, 6) is 1.30. The number of nitrogens with zero attached hydrogens (tertiary/aromatic N) is 5. The van der Waals surface area contributed by atoms with E-state index < -0.39 is 0 Å². The molecule has 3 heterocycles. The van der Waals surface area contributed by atoms with E-state index in [0.29, 0.717) is 12.4 Å². The van der Waals surface area contributed by atoms with Gasteiger partial charge in [0.25, 0.3) is 0 Å². The molecular weight excluding hydrogens is 400 g/mol. The Labute approximate surface area is 188 Å². The van der Waals surface area contributed by atoms with Gasteiger partial charge in [0.1, 0.15) is 24.2 Å². The van der Waals surface area contributed by atoms with Gasteiger partial charge in [0.05, 0.1) is 5.69 Å². The number of ether oxygens (including phenoxy) is 1. The lowest BCUT2D eigenvalue weighted by molar-refractivity contribution is 0.146. The van der Waals surface area contributed by atoms with Crippen LogP contribution in [0.2, 0.25) is 0 Å². The van der Waals surface area contributed by atoms with Crippen molar-refractivity contribution < 1.29 is 4.74 Å². The maximum Gasteiger partial charge on any atom is 0.151 e. The molecular formula is C25H28N6O. The van der Waals surface area contributed by atoms with E-state index >= 15 is 0 Å². The van der Waals surface area contributed by atoms with Crippen LogP contribution >= 0.6 is 0 Å². The van der Waals surface area contributed by atoms with Gasteiger partial charge in [0, 0.05) is 38.3 Å². The highest BCUT2D eigenvalue weighted by Crippen LogP contribution is 2.33. The van der Waals surface area contributed by atoms with Crippen molar-refractivity contribution in [3.63, 3.8) is 0 Å². The van der Waals surface area contributed by atoms with Gasteiger partial charge in [0.2, 0.25) is 0 Å². The molecule has 2 N–H and O–H groups in total. The van der Waals surface area contributed by atoms with Crippen LogP contribution in [0.4, 0.5) is 5.82 Å². The average Bonchev–Trinajstić information content (AvgIpc) is 3.20. The monoisotopic (exact) mass is 428 g/mol. The molecule has 0 atom stereocenters. The normalized spacial score (nSPS) is 15.3. The number of likely N-dealkylation sites (N-methyl/N-ethyl adjacent to an activating group) is 1. The van der Waals surface area contributed by atoms with Crippen LogP contribution in [0.5, 0.6) is 5.75 Å². The fraction of sp³-hybridized carbons (Fsp3) is 0.280. The van der Waals surface area contributed by atoms with Crippen LogP contribution in [0.3, 0.4) is 0 Å². The summed E-state index contributed by atoms with van der Waals surface area (Å²) in [5.41, 5.74) is 11.5. The first kappa shape index (κ1) is 20.5. The summed E-state index contributed by atoms with van der Waals surface area (Å²) in [6, 6.07) is 20.5. The van der Waals surface area contributed by atoms with Crippen LogP contribution in [0.25, 0.3) is 16.6 Å². The molecule has 5 rings (SSSR count). The second-order valence-electron chi connectivity index (χ2n) is 8.34. The largest absolute Gasteiger partial charge is 0.489 e. The molecule has 0 amide bonds. The van der Waals surface area contributed by atoms with Crippen LogP contribution in [0.1, 0.15) is 11.3 Å². The van der Waals surface area contributed by atoms with E-state index in [2.05, 4.69) is 57.3 Å². The van der Waals surface area contributed by atoms with Gasteiger partial charge in [-0.3, -0.25) is 4.90 Å².